The molecule has 0 spiro atoms. The zero-order valence-electron chi connectivity index (χ0n) is 27.1. The van der Waals surface area contributed by atoms with Crippen LogP contribution in [-0.4, -0.2) is 47.0 Å². The lowest BCUT2D eigenvalue weighted by molar-refractivity contribution is -0.137. The van der Waals surface area contributed by atoms with Crippen molar-refractivity contribution >= 4 is 32.6 Å². The second kappa shape index (κ2) is 21.9. The highest BCUT2D eigenvalue weighted by Crippen LogP contribution is 2.23. The highest BCUT2D eigenvalue weighted by atomic mass is 35.5. The Balaban J connectivity index is 0.00000226. The molecular formula is C35H50ClFN3O4P. The molecule has 0 saturated heterocycles. The molecule has 2 aliphatic heterocycles. The number of rotatable bonds is 13. The van der Waals surface area contributed by atoms with Crippen molar-refractivity contribution in [2.24, 2.45) is 10.9 Å². The molecule has 0 amide bonds. The lowest BCUT2D eigenvalue weighted by Crippen LogP contribution is -2.39. The Bertz CT molecular complexity index is 1230. The number of aliphatic imine (C=N–C) groups is 1. The molecule has 4 atom stereocenters. The summed E-state index contributed by atoms with van der Waals surface area (Å²) in [7, 11) is 2.72. The summed E-state index contributed by atoms with van der Waals surface area (Å²) >= 11 is 5.92. The highest BCUT2D eigenvalue weighted by Gasteiger charge is 2.23. The third kappa shape index (κ3) is 15.4. The van der Waals surface area contributed by atoms with Gasteiger partial charge in [-0.3, -0.25) is 4.79 Å². The van der Waals surface area contributed by atoms with Crippen LogP contribution < -0.4 is 5.48 Å². The number of halogens is 2. The van der Waals surface area contributed by atoms with Gasteiger partial charge in [0.25, 0.3) is 0 Å². The van der Waals surface area contributed by atoms with E-state index in [4.69, 9.17) is 31.3 Å². The number of carbonyl (C=O) groups is 1. The summed E-state index contributed by atoms with van der Waals surface area (Å²) in [6.07, 6.45) is 21.7. The summed E-state index contributed by atoms with van der Waals surface area (Å²) in [6, 6.07) is 4.52. The smallest absolute Gasteiger partial charge is 0.303 e. The molecule has 45 heavy (non-hydrogen) atoms. The van der Waals surface area contributed by atoms with Crippen molar-refractivity contribution in [1.29, 1.82) is 0 Å². The maximum Gasteiger partial charge on any atom is 0.303 e. The van der Waals surface area contributed by atoms with E-state index < -0.39 is 5.97 Å². The van der Waals surface area contributed by atoms with Crippen LogP contribution in [-0.2, 0) is 21.0 Å². The van der Waals surface area contributed by atoms with Gasteiger partial charge in [0.1, 0.15) is 24.0 Å². The summed E-state index contributed by atoms with van der Waals surface area (Å²) in [4.78, 5) is 23.9. The number of unbranched alkanes of at least 4 members (excludes halogenated alkanes) is 1. The zero-order chi connectivity index (χ0) is 33.0. The van der Waals surface area contributed by atoms with Crippen LogP contribution in [0.1, 0.15) is 78.2 Å². The summed E-state index contributed by atoms with van der Waals surface area (Å²) in [5, 5.41) is 10.5. The third-order valence-corrected chi connectivity index (χ3v) is 7.84. The fourth-order valence-electron chi connectivity index (χ4n) is 4.67. The molecule has 0 aromatic heterocycles. The van der Waals surface area contributed by atoms with Crippen LogP contribution in [0.25, 0.3) is 0 Å². The van der Waals surface area contributed by atoms with Gasteiger partial charge in [-0.15, -0.1) is 9.24 Å². The number of amidine groups is 1. The first-order chi connectivity index (χ1) is 21.7. The first-order valence-corrected chi connectivity index (χ1v) is 16.7. The molecule has 4 unspecified atom stereocenters. The summed E-state index contributed by atoms with van der Waals surface area (Å²) < 4.78 is 19.2. The minimum absolute atomic E-state index is 0.0598. The Morgan fingerprint density at radius 2 is 2.04 bits per heavy atom. The number of hydrogen-bond donors (Lipinski definition) is 2. The molecule has 0 bridgehead atoms. The van der Waals surface area contributed by atoms with Gasteiger partial charge in [-0.2, -0.15) is 5.48 Å². The number of nitrogens with one attached hydrogen (secondary N) is 1. The van der Waals surface area contributed by atoms with Gasteiger partial charge in [0.2, 0.25) is 0 Å². The first-order valence-electron chi connectivity index (χ1n) is 15.8. The Labute approximate surface area is 276 Å². The van der Waals surface area contributed by atoms with Gasteiger partial charge in [-0.05, 0) is 74.7 Å². The second-order valence-electron chi connectivity index (χ2n) is 11.1. The number of allylic oxidation sites excluding steroid dienone is 4. The van der Waals surface area contributed by atoms with Gasteiger partial charge >= 0.3 is 5.97 Å². The molecule has 0 saturated carbocycles. The number of hydroxylamine groups is 1. The first kappa shape index (κ1) is 38.4. The van der Waals surface area contributed by atoms with Crippen LogP contribution in [0.5, 0.6) is 0 Å². The summed E-state index contributed by atoms with van der Waals surface area (Å²) in [5.41, 5.74) is 3.83. The number of carboxylic acids is 1. The molecule has 2 aliphatic rings. The van der Waals surface area contributed by atoms with Crippen LogP contribution in [0.4, 0.5) is 4.39 Å². The standard InChI is InChI=1S/C32H42ClFN3O4P.C3H8/c1-3-29(42)13-11-23(2)37-17-7-6-8-25(15-16-35-31(37)9-4-5-10-32(38)39)30-14-12-28(41-36-30)22-40-21-24-18-26(33)20-27(34)19-24;1-3-2/h3,6-7,11-13,15-16,18-20,23,25,30,36H,4-5,8-10,14,17,21-22,42H2,1-2H3,(H,38,39);3H2,1-2H3/b7-6+,13-11-,16-15+,29-3+,35-31?;. The fraction of sp³-hybridized carbons (Fsp3) is 0.486. The zero-order valence-corrected chi connectivity index (χ0v) is 29.0. The minimum Gasteiger partial charge on any atom is -0.481 e. The molecule has 2 heterocycles. The number of nitrogens with zero attached hydrogens (tertiary/aromatic N) is 2. The molecule has 248 valence electrons. The van der Waals surface area contributed by atoms with E-state index in [1.807, 2.05) is 25.3 Å². The summed E-state index contributed by atoms with van der Waals surface area (Å²) in [5.74, 6) is 0.614. The predicted molar refractivity (Wildman–Crippen MR) is 186 cm³/mol. The number of ether oxygens (including phenoxy) is 1. The lowest BCUT2D eigenvalue weighted by atomic mass is 9.93. The molecule has 1 aromatic carbocycles. The number of benzene rings is 1. The van der Waals surface area contributed by atoms with Crippen LogP contribution in [0, 0.1) is 11.7 Å². The molecule has 10 heteroatoms. The number of carboxylic acid groups (broad SMARTS) is 1. The summed E-state index contributed by atoms with van der Waals surface area (Å²) in [6.45, 7) is 9.60. The van der Waals surface area contributed by atoms with Gasteiger partial charge in [0, 0.05) is 42.6 Å². The van der Waals surface area contributed by atoms with Crippen LogP contribution >= 0.6 is 20.8 Å². The van der Waals surface area contributed by atoms with Crippen molar-refractivity contribution < 1.29 is 23.9 Å². The Morgan fingerprint density at radius 3 is 2.71 bits per heavy atom. The number of hydrogen-bond acceptors (Lipinski definition) is 6. The molecule has 0 fully saturated rings. The van der Waals surface area contributed by atoms with E-state index in [0.29, 0.717) is 35.7 Å². The van der Waals surface area contributed by atoms with Gasteiger partial charge < -0.3 is 19.6 Å². The fourth-order valence-corrected chi connectivity index (χ4v) is 5.03. The van der Waals surface area contributed by atoms with Crippen molar-refractivity contribution in [2.45, 2.75) is 91.3 Å². The van der Waals surface area contributed by atoms with Gasteiger partial charge in [0.15, 0.2) is 0 Å². The minimum atomic E-state index is -0.775. The average Bonchev–Trinajstić information content (AvgIpc) is 3.00. The Morgan fingerprint density at radius 1 is 1.27 bits per heavy atom. The predicted octanol–water partition coefficient (Wildman–Crippen LogP) is 8.75. The van der Waals surface area contributed by atoms with Gasteiger partial charge in [-0.25, -0.2) is 9.38 Å². The molecular weight excluding hydrogens is 612 g/mol. The van der Waals surface area contributed by atoms with Crippen molar-refractivity contribution in [3.8, 4) is 0 Å². The van der Waals surface area contributed by atoms with Crippen LogP contribution in [0.3, 0.4) is 0 Å². The van der Waals surface area contributed by atoms with E-state index >= 15 is 0 Å². The Kier molecular flexibility index (Phi) is 18.7. The Hall–Kier alpha value is -2.77. The maximum absolute atomic E-state index is 13.5. The van der Waals surface area contributed by atoms with Crippen molar-refractivity contribution in [2.75, 3.05) is 13.2 Å². The largest absolute Gasteiger partial charge is 0.481 e. The SMILES string of the molecule is C/C=C(P)\C=C/C(C)N1C/C=C/CC(C2CC=C(COCc3cc(F)cc(Cl)c3)ON2)/C=C/N=C1CCCCC(=O)O.CCC. The van der Waals surface area contributed by atoms with E-state index in [1.165, 1.54) is 18.6 Å². The molecule has 3 rings (SSSR count). The van der Waals surface area contributed by atoms with Crippen molar-refractivity contribution in [1.82, 2.24) is 10.4 Å². The topological polar surface area (TPSA) is 83.4 Å². The maximum atomic E-state index is 13.5. The van der Waals surface area contributed by atoms with Gasteiger partial charge in [-0.1, -0.05) is 68.3 Å². The van der Waals surface area contributed by atoms with E-state index in [-0.39, 0.29) is 43.5 Å². The molecule has 7 nitrogen and oxygen atoms in total. The normalized spacial score (nSPS) is 21.1. The molecule has 0 radical (unpaired) electrons. The van der Waals surface area contributed by atoms with Crippen molar-refractivity contribution in [3.05, 3.63) is 94.4 Å². The molecule has 1 aromatic rings. The highest BCUT2D eigenvalue weighted by molar-refractivity contribution is 7.22. The second-order valence-corrected chi connectivity index (χ2v) is 12.2. The van der Waals surface area contributed by atoms with E-state index in [0.717, 1.165) is 30.4 Å². The van der Waals surface area contributed by atoms with Crippen LogP contribution in [0.15, 0.2) is 83.0 Å². The lowest BCUT2D eigenvalue weighted by Gasteiger charge is -2.31. The quantitative estimate of drug-likeness (QED) is 0.0952. The monoisotopic (exact) mass is 661 g/mol. The average molecular weight is 662 g/mol. The van der Waals surface area contributed by atoms with E-state index in [9.17, 15) is 9.18 Å². The van der Waals surface area contributed by atoms with E-state index in [1.54, 1.807) is 6.07 Å². The molecule has 2 N–H and O–H groups in total. The van der Waals surface area contributed by atoms with Crippen molar-refractivity contribution in [3.63, 3.8) is 0 Å². The molecule has 0 aliphatic carbocycles. The third-order valence-electron chi connectivity index (χ3n) is 7.09. The van der Waals surface area contributed by atoms with E-state index in [2.05, 4.69) is 70.8 Å². The van der Waals surface area contributed by atoms with Crippen LogP contribution in [0.2, 0.25) is 5.02 Å². The van der Waals surface area contributed by atoms with Gasteiger partial charge in [0.05, 0.1) is 12.6 Å². The number of aliphatic carboxylic acids is 1.